The molecule has 3 aliphatic rings. The molecule has 0 aliphatic carbocycles. The topological polar surface area (TPSA) is 154 Å². The molecule has 12 nitrogen and oxygen atoms in total. The lowest BCUT2D eigenvalue weighted by Gasteiger charge is -2.32. The van der Waals surface area contributed by atoms with Crippen molar-refractivity contribution in [1.29, 1.82) is 0 Å². The maximum absolute atomic E-state index is 15.1. The molecule has 5 aromatic rings. The van der Waals surface area contributed by atoms with Gasteiger partial charge in [0, 0.05) is 53.3 Å². The van der Waals surface area contributed by atoms with Crippen LogP contribution in [0, 0.1) is 16.0 Å². The van der Waals surface area contributed by atoms with Gasteiger partial charge in [-0.15, -0.1) is 0 Å². The number of ether oxygens (including phenoxy) is 1. The maximum Gasteiger partial charge on any atom is 0.269 e. The molecule has 13 heteroatoms. The van der Waals surface area contributed by atoms with E-state index in [1.165, 1.54) is 17.0 Å². The molecule has 8 rings (SSSR count). The summed E-state index contributed by atoms with van der Waals surface area (Å²) in [5, 5.41) is 23.8. The van der Waals surface area contributed by atoms with E-state index in [9.17, 15) is 29.6 Å². The van der Waals surface area contributed by atoms with Crippen LogP contribution in [0.4, 0.5) is 22.7 Å². The molecule has 0 unspecified atom stereocenters. The van der Waals surface area contributed by atoms with Crippen LogP contribution in [0.1, 0.15) is 40.4 Å². The maximum atomic E-state index is 15.1. The molecule has 0 radical (unpaired) electrons. The number of benzene rings is 5. The predicted octanol–water partition coefficient (Wildman–Crippen LogP) is 6.80. The minimum atomic E-state index is -3.18. The minimum Gasteiger partial charge on any atom is -0.432 e. The highest BCUT2D eigenvalue weighted by Gasteiger charge is 2.66. The SMILES string of the molecule is C[C@@H]1[C@@H]([Si](C)(C)O)[C@H](CC(=O)N(CCO)Cc2ccccc2)O[C@@]12C(=O)N(Cc1cccc(N3C(=O)c4cccc5cccc3c45)c1)c1ccc([N+](=O)[O-])cc12. The van der Waals surface area contributed by atoms with Crippen LogP contribution >= 0.6 is 0 Å². The monoisotopic (exact) mass is 770 g/mol. The molecule has 4 atom stereocenters. The van der Waals surface area contributed by atoms with E-state index in [1.54, 1.807) is 29.0 Å². The number of anilines is 3. The van der Waals surface area contributed by atoms with Gasteiger partial charge in [0.2, 0.25) is 5.91 Å². The molecule has 0 saturated carbocycles. The number of aliphatic hydroxyl groups is 1. The van der Waals surface area contributed by atoms with E-state index in [0.717, 1.165) is 22.0 Å². The lowest BCUT2D eigenvalue weighted by molar-refractivity contribution is -0.385. The van der Waals surface area contributed by atoms with Crippen molar-refractivity contribution in [2.75, 3.05) is 23.0 Å². The Balaban J connectivity index is 1.15. The van der Waals surface area contributed by atoms with Crippen molar-refractivity contribution in [2.45, 2.75) is 56.8 Å². The van der Waals surface area contributed by atoms with Crippen LogP contribution < -0.4 is 9.80 Å². The molecule has 0 aromatic heterocycles. The smallest absolute Gasteiger partial charge is 0.269 e. The Hall–Kier alpha value is -5.73. The molecule has 286 valence electrons. The normalized spacial score (nSPS) is 21.3. The van der Waals surface area contributed by atoms with Crippen molar-refractivity contribution in [3.05, 3.63) is 142 Å². The number of amides is 3. The van der Waals surface area contributed by atoms with Gasteiger partial charge in [-0.05, 0) is 59.9 Å². The highest BCUT2D eigenvalue weighted by atomic mass is 28.4. The minimum absolute atomic E-state index is 0.0596. The predicted molar refractivity (Wildman–Crippen MR) is 214 cm³/mol. The molecule has 1 fully saturated rings. The van der Waals surface area contributed by atoms with Crippen LogP contribution in [0.3, 0.4) is 0 Å². The lowest BCUT2D eigenvalue weighted by atomic mass is 9.82. The molecule has 56 heavy (non-hydrogen) atoms. The van der Waals surface area contributed by atoms with Gasteiger partial charge in [0.05, 0.1) is 47.5 Å². The van der Waals surface area contributed by atoms with Gasteiger partial charge in [-0.1, -0.05) is 73.7 Å². The molecule has 3 aliphatic heterocycles. The zero-order chi connectivity index (χ0) is 39.5. The van der Waals surface area contributed by atoms with Crippen LogP contribution in [0.15, 0.2) is 109 Å². The summed E-state index contributed by atoms with van der Waals surface area (Å²) in [7, 11) is -3.18. The second-order valence-electron chi connectivity index (χ2n) is 15.4. The number of aliphatic hydroxyl groups excluding tert-OH is 1. The Labute approximate surface area is 324 Å². The van der Waals surface area contributed by atoms with E-state index in [-0.39, 0.29) is 50.2 Å². The van der Waals surface area contributed by atoms with Gasteiger partial charge >= 0.3 is 0 Å². The van der Waals surface area contributed by atoms with Crippen LogP contribution in [-0.2, 0) is 33.0 Å². The summed E-state index contributed by atoms with van der Waals surface area (Å²) in [6.07, 6.45) is -1.06. The number of nitrogens with zero attached hydrogens (tertiary/aromatic N) is 4. The molecular weight excluding hydrogens is 729 g/mol. The fraction of sp³-hybridized carbons (Fsp3) is 0.279. The number of carbonyl (C=O) groups is 3. The Morgan fingerprint density at radius 2 is 1.64 bits per heavy atom. The van der Waals surface area contributed by atoms with Gasteiger partial charge in [-0.2, -0.15) is 0 Å². The molecule has 1 spiro atoms. The number of hydrogen-bond donors (Lipinski definition) is 2. The zero-order valence-electron chi connectivity index (χ0n) is 31.3. The number of hydrogen-bond acceptors (Lipinski definition) is 8. The highest BCUT2D eigenvalue weighted by molar-refractivity contribution is 6.71. The summed E-state index contributed by atoms with van der Waals surface area (Å²) in [6.45, 7) is 5.45. The second kappa shape index (κ2) is 14.1. The first-order valence-corrected chi connectivity index (χ1v) is 21.7. The third-order valence-corrected chi connectivity index (χ3v) is 14.1. The van der Waals surface area contributed by atoms with E-state index >= 15 is 4.79 Å². The molecular formula is C43H42N4O8Si. The zero-order valence-corrected chi connectivity index (χ0v) is 32.3. The summed E-state index contributed by atoms with van der Waals surface area (Å²) in [5.41, 5.74) is 1.78. The van der Waals surface area contributed by atoms with Gasteiger partial charge in [-0.3, -0.25) is 29.4 Å². The van der Waals surface area contributed by atoms with E-state index in [4.69, 9.17) is 4.74 Å². The first kappa shape index (κ1) is 37.2. The third-order valence-electron chi connectivity index (χ3n) is 11.6. The van der Waals surface area contributed by atoms with Gasteiger partial charge in [0.1, 0.15) is 0 Å². The average molecular weight is 771 g/mol. The third kappa shape index (κ3) is 6.07. The van der Waals surface area contributed by atoms with Crippen molar-refractivity contribution in [3.8, 4) is 0 Å². The fourth-order valence-electron chi connectivity index (χ4n) is 9.20. The number of carbonyl (C=O) groups excluding carboxylic acids is 3. The van der Waals surface area contributed by atoms with Crippen molar-refractivity contribution in [1.82, 2.24) is 4.90 Å². The summed E-state index contributed by atoms with van der Waals surface area (Å²) >= 11 is 0. The number of nitro groups is 1. The van der Waals surface area contributed by atoms with Gasteiger partial charge in [0.25, 0.3) is 17.5 Å². The summed E-state index contributed by atoms with van der Waals surface area (Å²) in [5.74, 6) is -1.58. The lowest BCUT2D eigenvalue weighted by Crippen LogP contribution is -2.46. The quantitative estimate of drug-likeness (QED) is 0.0846. The van der Waals surface area contributed by atoms with E-state index < -0.39 is 42.3 Å². The van der Waals surface area contributed by atoms with E-state index in [0.29, 0.717) is 28.1 Å². The van der Waals surface area contributed by atoms with Crippen molar-refractivity contribution >= 4 is 59.6 Å². The Morgan fingerprint density at radius 3 is 2.36 bits per heavy atom. The van der Waals surface area contributed by atoms with Crippen LogP contribution in [0.5, 0.6) is 0 Å². The van der Waals surface area contributed by atoms with E-state index in [1.807, 2.05) is 97.9 Å². The second-order valence-corrected chi connectivity index (χ2v) is 19.4. The summed E-state index contributed by atoms with van der Waals surface area (Å²) in [4.78, 5) is 71.0. The number of fused-ring (bicyclic) bond motifs is 2. The molecule has 3 amide bonds. The van der Waals surface area contributed by atoms with Crippen LogP contribution in [0.25, 0.3) is 10.8 Å². The van der Waals surface area contributed by atoms with Gasteiger partial charge in [0.15, 0.2) is 13.9 Å². The van der Waals surface area contributed by atoms with Crippen LogP contribution in [0.2, 0.25) is 18.6 Å². The summed E-state index contributed by atoms with van der Waals surface area (Å²) in [6, 6.07) is 32.5. The Kier molecular flexibility index (Phi) is 9.36. The molecule has 5 aromatic carbocycles. The Morgan fingerprint density at radius 1 is 0.929 bits per heavy atom. The standard InChI is InChI=1S/C43H42N4O8Si/c1-27-40(56(2,3)54)37(24-38(49)44(20-21-48)25-28-10-5-4-6-11-28)55-43(27)34-23-32(47(52)53)18-19-35(34)45(42(43)51)26-29-12-7-15-31(22-29)46-36-17-9-14-30-13-8-16-33(39(30)36)41(46)50/h4-19,22-23,27,37,40,48,54H,20-21,24-26H2,1-3H3/t27-,37+,40-,43+/m1/s1. The largest absolute Gasteiger partial charge is 0.432 e. The molecule has 2 N–H and O–H groups in total. The Bertz CT molecular complexity index is 2400. The summed E-state index contributed by atoms with van der Waals surface area (Å²) < 4.78 is 6.84. The van der Waals surface area contributed by atoms with Crippen molar-refractivity contribution < 1.29 is 33.9 Å². The van der Waals surface area contributed by atoms with E-state index in [2.05, 4.69) is 0 Å². The highest BCUT2D eigenvalue weighted by Crippen LogP contribution is 2.60. The number of rotatable bonds is 11. The first-order chi connectivity index (χ1) is 26.8. The average Bonchev–Trinajstić information content (AvgIpc) is 3.73. The van der Waals surface area contributed by atoms with Gasteiger partial charge < -0.3 is 24.4 Å². The number of non-ortho nitro benzene ring substituents is 1. The van der Waals surface area contributed by atoms with Crippen LogP contribution in [-0.4, -0.2) is 65.0 Å². The van der Waals surface area contributed by atoms with Crippen molar-refractivity contribution in [2.24, 2.45) is 5.92 Å². The molecule has 0 bridgehead atoms. The first-order valence-electron chi connectivity index (χ1n) is 18.7. The fourth-order valence-corrected chi connectivity index (χ4v) is 11.8. The molecule has 3 heterocycles. The number of nitro benzene ring substituents is 1. The van der Waals surface area contributed by atoms with Crippen molar-refractivity contribution in [3.63, 3.8) is 0 Å². The molecule has 1 saturated heterocycles. The van der Waals surface area contributed by atoms with Gasteiger partial charge in [-0.25, -0.2) is 0 Å².